The number of nitrogens with one attached hydrogen (secondary N) is 1. The fourth-order valence-corrected chi connectivity index (χ4v) is 2.76. The van der Waals surface area contributed by atoms with Crippen LogP contribution in [0.15, 0.2) is 53.4 Å². The molecule has 2 aromatic rings. The van der Waals surface area contributed by atoms with Gasteiger partial charge >= 0.3 is 5.97 Å². The molecule has 0 saturated heterocycles. The third-order valence-electron chi connectivity index (χ3n) is 3.07. The molecular weight excluding hydrogens is 392 g/mol. The molecule has 0 fully saturated rings. The molecule has 0 saturated carbocycles. The molecule has 0 aliphatic carbocycles. The Balaban J connectivity index is 1.78. The number of hydrogen-bond donors (Lipinski definition) is 2. The van der Waals surface area contributed by atoms with Crippen molar-refractivity contribution in [2.24, 2.45) is 5.73 Å². The van der Waals surface area contributed by atoms with E-state index >= 15 is 0 Å². The summed E-state index contributed by atoms with van der Waals surface area (Å²) in [5.41, 5.74) is 5.63. The minimum absolute atomic E-state index is 0.0872. The molecule has 0 spiro atoms. The van der Waals surface area contributed by atoms with E-state index in [0.717, 1.165) is 0 Å². The molecule has 0 aromatic heterocycles. The van der Waals surface area contributed by atoms with E-state index in [1.807, 2.05) is 0 Å². The van der Waals surface area contributed by atoms with Crippen LogP contribution in [0.3, 0.4) is 0 Å². The Morgan fingerprint density at radius 2 is 1.74 bits per heavy atom. The largest absolute Gasteiger partial charge is 0.482 e. The lowest BCUT2D eigenvalue weighted by molar-refractivity contribution is -0.149. The predicted octanol–water partition coefficient (Wildman–Crippen LogP) is 2.48. The van der Waals surface area contributed by atoms with Crippen LogP contribution in [0, 0.1) is 0 Å². The topological polar surface area (TPSA) is 108 Å². The normalized spacial score (nSPS) is 10.1. The Morgan fingerprint density at radius 1 is 1.04 bits per heavy atom. The zero-order chi connectivity index (χ0) is 19.6. The summed E-state index contributed by atoms with van der Waals surface area (Å²) in [6, 6.07) is 13.4. The van der Waals surface area contributed by atoms with E-state index in [4.69, 9.17) is 26.8 Å². The van der Waals surface area contributed by atoms with Crippen LogP contribution < -0.4 is 15.8 Å². The van der Waals surface area contributed by atoms with Crippen LogP contribution in [-0.4, -0.2) is 36.8 Å². The number of carbonyl (C=O) groups excluding carboxylic acids is 3. The Bertz CT molecular complexity index is 814. The monoisotopic (exact) mass is 408 g/mol. The van der Waals surface area contributed by atoms with Gasteiger partial charge < -0.3 is 20.5 Å². The number of halogens is 1. The number of amides is 2. The summed E-state index contributed by atoms with van der Waals surface area (Å²) in [6.45, 7) is -0.794. The first-order valence-electron chi connectivity index (χ1n) is 7.78. The Morgan fingerprint density at radius 3 is 2.44 bits per heavy atom. The number of nitrogens with two attached hydrogens (primary N) is 1. The van der Waals surface area contributed by atoms with Crippen molar-refractivity contribution < 1.29 is 23.9 Å². The number of carbonyl (C=O) groups is 3. The Labute approximate surface area is 165 Å². The molecule has 0 heterocycles. The van der Waals surface area contributed by atoms with Crippen molar-refractivity contribution >= 4 is 46.8 Å². The molecule has 0 aliphatic heterocycles. The summed E-state index contributed by atoms with van der Waals surface area (Å²) in [5.74, 6) is -1.11. The van der Waals surface area contributed by atoms with Crippen LogP contribution >= 0.6 is 23.4 Å². The van der Waals surface area contributed by atoms with Gasteiger partial charge in [-0.25, -0.2) is 4.79 Å². The maximum atomic E-state index is 12.0. The van der Waals surface area contributed by atoms with Gasteiger partial charge in [0.1, 0.15) is 5.75 Å². The summed E-state index contributed by atoms with van der Waals surface area (Å²) < 4.78 is 10.1. The highest BCUT2D eigenvalue weighted by Crippen LogP contribution is 2.26. The fourth-order valence-electron chi connectivity index (χ4n) is 1.89. The number of rotatable bonds is 9. The lowest BCUT2D eigenvalue weighted by Crippen LogP contribution is -2.24. The average molecular weight is 409 g/mol. The highest BCUT2D eigenvalue weighted by molar-refractivity contribution is 8.00. The molecule has 0 atom stereocenters. The first kappa shape index (κ1) is 20.6. The summed E-state index contributed by atoms with van der Waals surface area (Å²) in [4.78, 5) is 35.2. The standard InChI is InChI=1S/C18H17ClN2O5S/c19-12-5-7-13(8-6-12)25-10-18(24)26-9-17(23)21-14-3-1-2-4-15(14)27-11-16(20)22/h1-8H,9-11H2,(H2,20,22)(H,21,23). The maximum Gasteiger partial charge on any atom is 0.344 e. The molecular formula is C18H17ClN2O5S. The van der Waals surface area contributed by atoms with Gasteiger partial charge in [-0.15, -0.1) is 11.8 Å². The molecule has 2 rings (SSSR count). The summed E-state index contributed by atoms with van der Waals surface area (Å²) in [6.07, 6.45) is 0. The second-order valence-corrected chi connectivity index (χ2v) is 6.66. The highest BCUT2D eigenvalue weighted by atomic mass is 35.5. The van der Waals surface area contributed by atoms with Gasteiger partial charge in [0.15, 0.2) is 13.2 Å². The van der Waals surface area contributed by atoms with Gasteiger partial charge in [0.05, 0.1) is 11.4 Å². The van der Waals surface area contributed by atoms with Crippen LogP contribution in [0.4, 0.5) is 5.69 Å². The molecule has 0 aliphatic rings. The lowest BCUT2D eigenvalue weighted by Gasteiger charge is -2.11. The SMILES string of the molecule is NC(=O)CSc1ccccc1NC(=O)COC(=O)COc1ccc(Cl)cc1. The third kappa shape index (κ3) is 7.59. The molecule has 9 heteroatoms. The van der Waals surface area contributed by atoms with E-state index in [1.165, 1.54) is 11.8 Å². The van der Waals surface area contributed by atoms with Crippen LogP contribution in [0.5, 0.6) is 5.75 Å². The van der Waals surface area contributed by atoms with E-state index in [9.17, 15) is 14.4 Å². The molecule has 3 N–H and O–H groups in total. The fraction of sp³-hybridized carbons (Fsp3) is 0.167. The van der Waals surface area contributed by atoms with Gasteiger partial charge in [0.2, 0.25) is 5.91 Å². The number of anilines is 1. The maximum absolute atomic E-state index is 12.0. The molecule has 2 amide bonds. The van der Waals surface area contributed by atoms with Gasteiger partial charge in [-0.2, -0.15) is 0 Å². The Hall–Kier alpha value is -2.71. The number of primary amides is 1. The molecule has 0 bridgehead atoms. The van der Waals surface area contributed by atoms with Crippen molar-refractivity contribution in [1.82, 2.24) is 0 Å². The predicted molar refractivity (Wildman–Crippen MR) is 103 cm³/mol. The third-order valence-corrected chi connectivity index (χ3v) is 4.41. The molecule has 0 unspecified atom stereocenters. The van der Waals surface area contributed by atoms with Crippen molar-refractivity contribution in [3.05, 3.63) is 53.6 Å². The smallest absolute Gasteiger partial charge is 0.344 e. The molecule has 27 heavy (non-hydrogen) atoms. The number of ether oxygens (including phenoxy) is 2. The second-order valence-electron chi connectivity index (χ2n) is 5.20. The number of benzene rings is 2. The number of thioether (sulfide) groups is 1. The molecule has 7 nitrogen and oxygen atoms in total. The van der Waals surface area contributed by atoms with Crippen LogP contribution in [0.25, 0.3) is 0 Å². The van der Waals surface area contributed by atoms with Gasteiger partial charge in [-0.3, -0.25) is 9.59 Å². The number of esters is 1. The lowest BCUT2D eigenvalue weighted by atomic mass is 10.3. The first-order chi connectivity index (χ1) is 12.9. The van der Waals surface area contributed by atoms with Crippen molar-refractivity contribution in [3.8, 4) is 5.75 Å². The molecule has 2 aromatic carbocycles. The number of hydrogen-bond acceptors (Lipinski definition) is 6. The zero-order valence-corrected chi connectivity index (χ0v) is 15.7. The quantitative estimate of drug-likeness (QED) is 0.487. The van der Waals surface area contributed by atoms with E-state index in [0.29, 0.717) is 21.4 Å². The van der Waals surface area contributed by atoms with Gasteiger partial charge in [0, 0.05) is 9.92 Å². The zero-order valence-electron chi connectivity index (χ0n) is 14.1. The summed E-state index contributed by atoms with van der Waals surface area (Å²) >= 11 is 6.96. The van der Waals surface area contributed by atoms with E-state index in [2.05, 4.69) is 5.32 Å². The van der Waals surface area contributed by atoms with E-state index < -0.39 is 24.4 Å². The van der Waals surface area contributed by atoms with Crippen molar-refractivity contribution in [3.63, 3.8) is 0 Å². The van der Waals surface area contributed by atoms with Crippen molar-refractivity contribution in [2.45, 2.75) is 4.90 Å². The molecule has 0 radical (unpaired) electrons. The van der Waals surface area contributed by atoms with Crippen LogP contribution in [-0.2, 0) is 19.1 Å². The molecule has 142 valence electrons. The van der Waals surface area contributed by atoms with Crippen molar-refractivity contribution in [2.75, 3.05) is 24.3 Å². The minimum atomic E-state index is -0.684. The highest BCUT2D eigenvalue weighted by Gasteiger charge is 2.11. The Kier molecular flexibility index (Phi) is 7.97. The van der Waals surface area contributed by atoms with Gasteiger partial charge in [-0.05, 0) is 36.4 Å². The van der Waals surface area contributed by atoms with E-state index in [-0.39, 0.29) is 12.4 Å². The van der Waals surface area contributed by atoms with E-state index in [1.54, 1.807) is 48.5 Å². The van der Waals surface area contributed by atoms with Gasteiger partial charge in [0.25, 0.3) is 5.91 Å². The first-order valence-corrected chi connectivity index (χ1v) is 9.14. The van der Waals surface area contributed by atoms with Gasteiger partial charge in [-0.1, -0.05) is 23.7 Å². The van der Waals surface area contributed by atoms with Crippen LogP contribution in [0.2, 0.25) is 5.02 Å². The van der Waals surface area contributed by atoms with Crippen LogP contribution in [0.1, 0.15) is 0 Å². The van der Waals surface area contributed by atoms with Crippen molar-refractivity contribution in [1.29, 1.82) is 0 Å². The second kappa shape index (κ2) is 10.4. The summed E-state index contributed by atoms with van der Waals surface area (Å²) in [5, 5.41) is 3.18. The minimum Gasteiger partial charge on any atom is -0.482 e. The average Bonchev–Trinajstić information content (AvgIpc) is 2.65. The summed E-state index contributed by atoms with van der Waals surface area (Å²) in [7, 11) is 0. The number of para-hydroxylation sites is 1.